The van der Waals surface area contributed by atoms with E-state index in [0.717, 1.165) is 22.2 Å². The number of aliphatic hydroxyl groups is 1. The number of fused-ring (bicyclic) bond motifs is 1. The van der Waals surface area contributed by atoms with Gasteiger partial charge in [0.15, 0.2) is 5.13 Å². The van der Waals surface area contributed by atoms with Gasteiger partial charge in [-0.3, -0.25) is 14.5 Å². The van der Waals surface area contributed by atoms with Crippen LogP contribution in [-0.2, 0) is 16.0 Å². The maximum atomic E-state index is 13.4. The Morgan fingerprint density at radius 3 is 2.60 bits per heavy atom. The average Bonchev–Trinajstić information content (AvgIpc) is 3.41. The summed E-state index contributed by atoms with van der Waals surface area (Å²) >= 11 is 7.34. The lowest BCUT2D eigenvalue weighted by Crippen LogP contribution is -2.29. The van der Waals surface area contributed by atoms with Gasteiger partial charge in [-0.2, -0.15) is 0 Å². The second-order valence-electron chi connectivity index (χ2n) is 8.10. The van der Waals surface area contributed by atoms with Crippen molar-refractivity contribution in [1.82, 2.24) is 4.98 Å². The van der Waals surface area contributed by atoms with E-state index >= 15 is 0 Å². The molecule has 0 radical (unpaired) electrons. The van der Waals surface area contributed by atoms with Gasteiger partial charge >= 0.3 is 5.91 Å². The van der Waals surface area contributed by atoms with Crippen molar-refractivity contribution >= 4 is 55.7 Å². The minimum atomic E-state index is -0.882. The summed E-state index contributed by atoms with van der Waals surface area (Å²) < 4.78 is 6.30. The second kappa shape index (κ2) is 9.17. The molecule has 1 saturated heterocycles. The monoisotopic (exact) mass is 504 g/mol. The predicted molar refractivity (Wildman–Crippen MR) is 138 cm³/mol. The molecule has 5 rings (SSSR count). The van der Waals surface area contributed by atoms with Gasteiger partial charge in [-0.1, -0.05) is 48.1 Å². The van der Waals surface area contributed by atoms with Crippen LogP contribution in [0.25, 0.3) is 16.0 Å². The molecular formula is C27H21ClN2O4S. The Morgan fingerprint density at radius 2 is 1.89 bits per heavy atom. The lowest BCUT2D eigenvalue weighted by Gasteiger charge is -2.23. The molecule has 3 aromatic carbocycles. The lowest BCUT2D eigenvalue weighted by atomic mass is 9.95. The van der Waals surface area contributed by atoms with Crippen molar-refractivity contribution in [2.75, 3.05) is 12.0 Å². The molecule has 6 nitrogen and oxygen atoms in total. The largest absolute Gasteiger partial charge is 0.507 e. The van der Waals surface area contributed by atoms with Crippen LogP contribution < -0.4 is 9.64 Å². The Hall–Kier alpha value is -3.68. The van der Waals surface area contributed by atoms with Gasteiger partial charge in [-0.05, 0) is 66.1 Å². The molecule has 1 fully saturated rings. The molecule has 4 aromatic rings. The van der Waals surface area contributed by atoms with Crippen LogP contribution in [0, 0.1) is 0 Å². The number of aliphatic hydroxyl groups excluding tert-OH is 1. The lowest BCUT2D eigenvalue weighted by molar-refractivity contribution is -0.132. The van der Waals surface area contributed by atoms with Crippen LogP contribution in [0.3, 0.4) is 0 Å². The Balaban J connectivity index is 1.72. The molecule has 0 bridgehead atoms. The maximum Gasteiger partial charge on any atom is 0.301 e. The minimum absolute atomic E-state index is 0.0147. The summed E-state index contributed by atoms with van der Waals surface area (Å²) in [5, 5.41) is 12.1. The van der Waals surface area contributed by atoms with Crippen molar-refractivity contribution < 1.29 is 19.4 Å². The zero-order valence-corrected chi connectivity index (χ0v) is 20.6. The van der Waals surface area contributed by atoms with E-state index in [-0.39, 0.29) is 11.3 Å². The summed E-state index contributed by atoms with van der Waals surface area (Å²) in [6.45, 7) is 2.07. The summed E-state index contributed by atoms with van der Waals surface area (Å²) in [5.74, 6) is -1.23. The number of aryl methyl sites for hydroxylation is 1. The molecule has 1 aromatic heterocycles. The van der Waals surface area contributed by atoms with Crippen molar-refractivity contribution in [1.29, 1.82) is 0 Å². The molecule has 1 aliphatic rings. The van der Waals surface area contributed by atoms with E-state index in [0.29, 0.717) is 27.0 Å². The quantitative estimate of drug-likeness (QED) is 0.200. The Kier molecular flexibility index (Phi) is 6.05. The Morgan fingerprint density at radius 1 is 1.11 bits per heavy atom. The summed E-state index contributed by atoms with van der Waals surface area (Å²) in [6, 6.07) is 18.6. The van der Waals surface area contributed by atoms with Crippen molar-refractivity contribution in [3.63, 3.8) is 0 Å². The zero-order chi connectivity index (χ0) is 24.7. The summed E-state index contributed by atoms with van der Waals surface area (Å²) in [6.07, 6.45) is 0.874. The molecule has 35 heavy (non-hydrogen) atoms. The van der Waals surface area contributed by atoms with E-state index in [9.17, 15) is 14.7 Å². The number of amides is 1. The maximum absolute atomic E-state index is 13.4. The molecule has 8 heteroatoms. The number of hydrogen-bond acceptors (Lipinski definition) is 6. The second-order valence-corrected chi connectivity index (χ2v) is 9.55. The van der Waals surface area contributed by atoms with E-state index in [1.165, 1.54) is 16.2 Å². The first kappa shape index (κ1) is 23.1. The van der Waals surface area contributed by atoms with Gasteiger partial charge in [0.05, 0.1) is 28.9 Å². The van der Waals surface area contributed by atoms with Crippen molar-refractivity contribution in [3.05, 3.63) is 94.0 Å². The third-order valence-corrected chi connectivity index (χ3v) is 7.30. The number of benzene rings is 3. The predicted octanol–water partition coefficient (Wildman–Crippen LogP) is 6.15. The van der Waals surface area contributed by atoms with Gasteiger partial charge in [0, 0.05) is 10.6 Å². The van der Waals surface area contributed by atoms with E-state index in [1.807, 2.05) is 18.2 Å². The van der Waals surface area contributed by atoms with Crippen molar-refractivity contribution in [2.45, 2.75) is 19.4 Å². The number of anilines is 1. The third kappa shape index (κ3) is 4.07. The fourth-order valence-corrected chi connectivity index (χ4v) is 5.38. The summed E-state index contributed by atoms with van der Waals surface area (Å²) in [5.41, 5.74) is 2.89. The number of carbonyl (C=O) groups is 2. The van der Waals surface area contributed by atoms with Crippen LogP contribution in [0.15, 0.2) is 72.3 Å². The van der Waals surface area contributed by atoms with Crippen LogP contribution in [0.1, 0.15) is 29.7 Å². The third-order valence-electron chi connectivity index (χ3n) is 6.03. The fraction of sp³-hybridized carbons (Fsp3) is 0.148. The van der Waals surface area contributed by atoms with Crippen LogP contribution in [0.4, 0.5) is 5.13 Å². The highest BCUT2D eigenvalue weighted by molar-refractivity contribution is 7.22. The highest BCUT2D eigenvalue weighted by Crippen LogP contribution is 2.45. The molecule has 2 heterocycles. The topological polar surface area (TPSA) is 79.7 Å². The van der Waals surface area contributed by atoms with Crippen LogP contribution in [0.2, 0.25) is 5.02 Å². The first-order valence-corrected chi connectivity index (χ1v) is 12.2. The van der Waals surface area contributed by atoms with Gasteiger partial charge in [-0.25, -0.2) is 4.98 Å². The first-order valence-electron chi connectivity index (χ1n) is 11.0. The van der Waals surface area contributed by atoms with E-state index < -0.39 is 17.7 Å². The highest BCUT2D eigenvalue weighted by Gasteiger charge is 2.48. The molecule has 1 unspecified atom stereocenters. The number of ketones is 1. The van der Waals surface area contributed by atoms with Gasteiger partial charge in [0.1, 0.15) is 11.5 Å². The number of ether oxygens (including phenoxy) is 1. The first-order chi connectivity index (χ1) is 16.9. The van der Waals surface area contributed by atoms with E-state index in [1.54, 1.807) is 55.6 Å². The summed E-state index contributed by atoms with van der Waals surface area (Å²) in [7, 11) is 1.54. The number of methoxy groups -OCH3 is 1. The van der Waals surface area contributed by atoms with Crippen molar-refractivity contribution in [2.24, 2.45) is 0 Å². The Bertz CT molecular complexity index is 1490. The van der Waals surface area contributed by atoms with E-state index in [2.05, 4.69) is 11.9 Å². The van der Waals surface area contributed by atoms with Gasteiger partial charge in [0.2, 0.25) is 0 Å². The molecule has 1 aliphatic heterocycles. The molecular weight excluding hydrogens is 484 g/mol. The van der Waals surface area contributed by atoms with Crippen molar-refractivity contribution in [3.8, 4) is 5.75 Å². The summed E-state index contributed by atoms with van der Waals surface area (Å²) in [4.78, 5) is 32.8. The molecule has 1 amide bonds. The zero-order valence-electron chi connectivity index (χ0n) is 19.0. The van der Waals surface area contributed by atoms with Crippen LogP contribution in [0.5, 0.6) is 5.75 Å². The number of nitrogens with zero attached hydrogens (tertiary/aromatic N) is 2. The molecule has 1 N–H and O–H groups in total. The molecule has 0 spiro atoms. The normalized spacial score (nSPS) is 17.3. The number of rotatable bonds is 5. The number of carbonyl (C=O) groups excluding carboxylic acids is 2. The molecule has 176 valence electrons. The molecule has 0 saturated carbocycles. The molecule has 0 aliphatic carbocycles. The number of thiazole rings is 1. The highest BCUT2D eigenvalue weighted by atomic mass is 35.5. The van der Waals surface area contributed by atoms with Gasteiger partial charge in [-0.15, -0.1) is 0 Å². The smallest absolute Gasteiger partial charge is 0.301 e. The number of aromatic nitrogens is 1. The average molecular weight is 505 g/mol. The number of halogens is 1. The SMILES string of the molecule is CCc1ccc2nc(N3C(=O)C(=O)/C(=C(/O)c4ccc(Cl)cc4)C3c3cccc(OC)c3)sc2c1. The minimum Gasteiger partial charge on any atom is -0.507 e. The van der Waals surface area contributed by atoms with Gasteiger partial charge < -0.3 is 9.84 Å². The standard InChI is InChI=1S/C27H21ClN2O4S/c1-3-15-7-12-20-21(13-15)35-27(29-20)30-23(17-5-4-6-19(14-17)34-2)22(25(32)26(30)33)24(31)16-8-10-18(28)11-9-16/h4-14,23,31H,3H2,1-2H3/b24-22+. The van der Waals surface area contributed by atoms with Gasteiger partial charge in [0.25, 0.3) is 5.78 Å². The number of Topliss-reactive ketones (excluding diaryl/α,β-unsaturated/α-hetero) is 1. The van der Waals surface area contributed by atoms with E-state index in [4.69, 9.17) is 16.3 Å². The molecule has 1 atom stereocenters. The van der Waals surface area contributed by atoms with Crippen LogP contribution in [-0.4, -0.2) is 28.9 Å². The van der Waals surface area contributed by atoms with Crippen LogP contribution >= 0.6 is 22.9 Å². The number of hydrogen-bond donors (Lipinski definition) is 1. The Labute approximate surface area is 211 Å². The fourth-order valence-electron chi connectivity index (χ4n) is 4.20.